The van der Waals surface area contributed by atoms with E-state index in [2.05, 4.69) is 5.32 Å². The molecule has 5 aliphatic rings. The van der Waals surface area contributed by atoms with Gasteiger partial charge in [-0.3, -0.25) is 14.5 Å². The maximum absolute atomic E-state index is 13.5. The fraction of sp³-hybridized carbons (Fsp3) is 0.333. The third-order valence-electron chi connectivity index (χ3n) is 6.02. The van der Waals surface area contributed by atoms with Gasteiger partial charge >= 0.3 is 0 Å². The largest absolute Gasteiger partial charge is 0.493 e. The zero-order chi connectivity index (χ0) is 20.3. The minimum atomic E-state index is -0.992. The van der Waals surface area contributed by atoms with Crippen molar-refractivity contribution in [3.63, 3.8) is 0 Å². The van der Waals surface area contributed by atoms with Gasteiger partial charge in [0, 0.05) is 23.3 Å². The molecule has 2 fully saturated rings. The lowest BCUT2D eigenvalue weighted by atomic mass is 9.64. The summed E-state index contributed by atoms with van der Waals surface area (Å²) in [5.41, 5.74) is 1.17. The van der Waals surface area contributed by atoms with Crippen molar-refractivity contribution in [1.29, 1.82) is 0 Å². The van der Waals surface area contributed by atoms with Gasteiger partial charge in [0.1, 0.15) is 0 Å². The van der Waals surface area contributed by atoms with Crippen LogP contribution >= 0.6 is 0 Å². The van der Waals surface area contributed by atoms with Crippen molar-refractivity contribution < 1.29 is 28.5 Å². The van der Waals surface area contributed by atoms with Crippen LogP contribution < -0.4 is 5.32 Å². The summed E-state index contributed by atoms with van der Waals surface area (Å²) in [5.74, 6) is 1.60. The van der Waals surface area contributed by atoms with E-state index in [0.29, 0.717) is 35.1 Å². The quantitative estimate of drug-likeness (QED) is 0.725. The van der Waals surface area contributed by atoms with Crippen molar-refractivity contribution in [2.45, 2.75) is 13.0 Å². The lowest BCUT2D eigenvalue weighted by Gasteiger charge is -2.47. The molecule has 1 N–H and O–H groups in total. The monoisotopic (exact) mass is 396 g/mol. The first-order chi connectivity index (χ1) is 14.0. The Bertz CT molecular complexity index is 1010. The van der Waals surface area contributed by atoms with Crippen LogP contribution in [-0.4, -0.2) is 44.3 Å². The zero-order valence-electron chi connectivity index (χ0n) is 16.2. The van der Waals surface area contributed by atoms with E-state index in [1.807, 2.05) is 24.4 Å². The molecule has 3 aliphatic heterocycles. The van der Waals surface area contributed by atoms with Crippen LogP contribution in [0.25, 0.3) is 0 Å². The summed E-state index contributed by atoms with van der Waals surface area (Å²) in [6.07, 6.45) is 9.75. The number of methoxy groups -OCH3 is 2. The zero-order valence-corrected chi connectivity index (χ0v) is 16.2. The molecule has 2 amide bonds. The molecule has 0 aromatic carbocycles. The number of fused-ring (bicyclic) bond motifs is 5. The molecule has 0 aromatic rings. The number of rotatable bonds is 3. The van der Waals surface area contributed by atoms with E-state index < -0.39 is 5.41 Å². The van der Waals surface area contributed by atoms with E-state index in [1.165, 1.54) is 12.0 Å². The highest BCUT2D eigenvalue weighted by atomic mass is 16.7. The molecule has 0 spiro atoms. The van der Waals surface area contributed by atoms with Gasteiger partial charge in [-0.05, 0) is 31.2 Å². The summed E-state index contributed by atoms with van der Waals surface area (Å²) in [6.45, 7) is 1.95. The van der Waals surface area contributed by atoms with E-state index in [1.54, 1.807) is 20.1 Å². The second-order valence-electron chi connectivity index (χ2n) is 7.48. The standard InChI is InChI=1S/C21H20N2O6/c1-21-7-18(27-3)15(26-2)5-13(21)12-8-22-14-6-17-16(28-10-29-17)4-11(14)19(12)23(9-24)20(21)25/h4-9,13-14,22H,10H2,1-3H3. The second-order valence-corrected chi connectivity index (χ2v) is 7.48. The first-order valence-electron chi connectivity index (χ1n) is 9.24. The second kappa shape index (κ2) is 6.04. The van der Waals surface area contributed by atoms with Gasteiger partial charge in [0.25, 0.3) is 0 Å². The Balaban J connectivity index is 1.70. The molecule has 29 heavy (non-hydrogen) atoms. The number of amides is 2. The highest BCUT2D eigenvalue weighted by Crippen LogP contribution is 2.52. The van der Waals surface area contributed by atoms with Crippen molar-refractivity contribution in [3.05, 3.63) is 70.4 Å². The van der Waals surface area contributed by atoms with Crippen LogP contribution in [0, 0.1) is 11.3 Å². The molecule has 3 atom stereocenters. The van der Waals surface area contributed by atoms with Gasteiger partial charge in [-0.25, -0.2) is 0 Å². The van der Waals surface area contributed by atoms with Crippen molar-refractivity contribution in [2.75, 3.05) is 21.0 Å². The normalized spacial score (nSPS) is 31.8. The first-order valence-corrected chi connectivity index (χ1v) is 9.24. The van der Waals surface area contributed by atoms with Crippen LogP contribution in [0.2, 0.25) is 0 Å². The summed E-state index contributed by atoms with van der Waals surface area (Å²) in [5, 5.41) is 3.35. The number of carbonyl (C=O) groups is 2. The summed E-state index contributed by atoms with van der Waals surface area (Å²) >= 11 is 0. The number of imide groups is 1. The van der Waals surface area contributed by atoms with E-state index >= 15 is 0 Å². The van der Waals surface area contributed by atoms with Gasteiger partial charge in [-0.1, -0.05) is 0 Å². The molecule has 0 saturated carbocycles. The highest BCUT2D eigenvalue weighted by molar-refractivity contribution is 5.98. The Labute approximate surface area is 167 Å². The Morgan fingerprint density at radius 1 is 1.21 bits per heavy atom. The number of hydrogen-bond acceptors (Lipinski definition) is 7. The van der Waals surface area contributed by atoms with Gasteiger partial charge in [0.2, 0.25) is 19.1 Å². The fourth-order valence-electron chi connectivity index (χ4n) is 4.53. The van der Waals surface area contributed by atoms with Gasteiger partial charge in [-0.2, -0.15) is 0 Å². The van der Waals surface area contributed by atoms with E-state index in [4.69, 9.17) is 18.9 Å². The van der Waals surface area contributed by atoms with Crippen LogP contribution in [0.4, 0.5) is 0 Å². The van der Waals surface area contributed by atoms with Crippen molar-refractivity contribution in [3.8, 4) is 0 Å². The van der Waals surface area contributed by atoms with Gasteiger partial charge < -0.3 is 24.3 Å². The average Bonchev–Trinajstić information content (AvgIpc) is 3.19. The van der Waals surface area contributed by atoms with E-state index in [0.717, 1.165) is 11.1 Å². The molecular weight excluding hydrogens is 376 g/mol. The van der Waals surface area contributed by atoms with Crippen LogP contribution in [0.15, 0.2) is 70.4 Å². The van der Waals surface area contributed by atoms with E-state index in [9.17, 15) is 9.59 Å². The number of hydrogen-bond donors (Lipinski definition) is 1. The predicted octanol–water partition coefficient (Wildman–Crippen LogP) is 1.58. The SMILES string of the molecule is COC1=CC2C3=CNC4C=C5OCOC5=CC4=C3N(C=O)C(=O)C2(C)C=C1OC. The highest BCUT2D eigenvalue weighted by Gasteiger charge is 2.54. The lowest BCUT2D eigenvalue weighted by Crippen LogP contribution is -2.54. The van der Waals surface area contributed by atoms with Gasteiger partial charge in [0.05, 0.1) is 31.4 Å². The van der Waals surface area contributed by atoms with Gasteiger partial charge in [0.15, 0.2) is 23.0 Å². The molecule has 3 heterocycles. The van der Waals surface area contributed by atoms with Gasteiger partial charge in [-0.15, -0.1) is 0 Å². The molecule has 2 saturated heterocycles. The summed E-state index contributed by atoms with van der Waals surface area (Å²) in [4.78, 5) is 26.7. The Kier molecular flexibility index (Phi) is 3.68. The Morgan fingerprint density at radius 2 is 1.97 bits per heavy atom. The molecular formula is C21H20N2O6. The maximum atomic E-state index is 13.5. The smallest absolute Gasteiger partial charge is 0.244 e. The van der Waals surface area contributed by atoms with E-state index in [-0.39, 0.29) is 24.7 Å². The number of carbonyl (C=O) groups excluding carboxylic acids is 2. The number of nitrogens with one attached hydrogen (secondary N) is 1. The van der Waals surface area contributed by atoms with Crippen molar-refractivity contribution in [2.24, 2.45) is 11.3 Å². The number of dihydropyridines is 1. The minimum absolute atomic E-state index is 0.148. The molecule has 0 aromatic heterocycles. The lowest BCUT2D eigenvalue weighted by molar-refractivity contribution is -0.144. The molecule has 5 rings (SSSR count). The van der Waals surface area contributed by atoms with Crippen molar-refractivity contribution in [1.82, 2.24) is 10.2 Å². The third-order valence-corrected chi connectivity index (χ3v) is 6.02. The van der Waals surface area contributed by atoms with Crippen molar-refractivity contribution >= 4 is 12.3 Å². The molecule has 8 heteroatoms. The summed E-state index contributed by atoms with van der Waals surface area (Å²) in [7, 11) is 3.08. The number of nitrogens with zero attached hydrogens (tertiary/aromatic N) is 1. The molecule has 0 bridgehead atoms. The molecule has 150 valence electrons. The topological polar surface area (TPSA) is 86.3 Å². The minimum Gasteiger partial charge on any atom is -0.493 e. The first kappa shape index (κ1) is 17.7. The summed E-state index contributed by atoms with van der Waals surface area (Å²) in [6, 6.07) is -0.228. The van der Waals surface area contributed by atoms with Crippen LogP contribution in [-0.2, 0) is 28.5 Å². The molecule has 0 radical (unpaired) electrons. The Hall–Kier alpha value is -3.42. The average molecular weight is 396 g/mol. The third kappa shape index (κ3) is 2.25. The fourth-order valence-corrected chi connectivity index (χ4v) is 4.53. The molecule has 3 unspecified atom stereocenters. The predicted molar refractivity (Wildman–Crippen MR) is 99.9 cm³/mol. The number of allylic oxidation sites excluding steroid dienone is 2. The summed E-state index contributed by atoms with van der Waals surface area (Å²) < 4.78 is 21.9. The number of ether oxygens (including phenoxy) is 4. The number of likely N-dealkylation sites (tertiary alicyclic amines) is 1. The maximum Gasteiger partial charge on any atom is 0.244 e. The van der Waals surface area contributed by atoms with Crippen LogP contribution in [0.1, 0.15) is 6.92 Å². The Morgan fingerprint density at radius 3 is 2.69 bits per heavy atom. The number of piperidine rings is 1. The van der Waals surface area contributed by atoms with Crippen LogP contribution in [0.3, 0.4) is 0 Å². The van der Waals surface area contributed by atoms with Crippen LogP contribution in [0.5, 0.6) is 0 Å². The molecule has 2 aliphatic carbocycles. The molecule has 8 nitrogen and oxygen atoms in total.